The first-order chi connectivity index (χ1) is 8.20. The standard InChI is InChI=1S/C14H21NOS/c1-10-6-14(17-2)12(8-13(10)16)7-11-4-3-5-15-9-11/h6,8,11,15-16H,3-5,7,9H2,1-2H3. The molecule has 2 rings (SSSR count). The third-order valence-electron chi connectivity index (χ3n) is 3.51. The molecular weight excluding hydrogens is 230 g/mol. The van der Waals surface area contributed by atoms with Crippen LogP contribution < -0.4 is 5.32 Å². The third-order valence-corrected chi connectivity index (χ3v) is 4.33. The quantitative estimate of drug-likeness (QED) is 0.810. The Labute approximate surface area is 108 Å². The van der Waals surface area contributed by atoms with Gasteiger partial charge in [-0.2, -0.15) is 0 Å². The molecule has 1 aromatic carbocycles. The van der Waals surface area contributed by atoms with Crippen LogP contribution in [0.4, 0.5) is 0 Å². The van der Waals surface area contributed by atoms with Gasteiger partial charge in [0.15, 0.2) is 0 Å². The number of thioether (sulfide) groups is 1. The summed E-state index contributed by atoms with van der Waals surface area (Å²) in [6, 6.07) is 4.06. The van der Waals surface area contributed by atoms with E-state index in [-0.39, 0.29) is 0 Å². The summed E-state index contributed by atoms with van der Waals surface area (Å²) in [5.74, 6) is 1.15. The summed E-state index contributed by atoms with van der Waals surface area (Å²) in [6.07, 6.45) is 5.76. The first kappa shape index (κ1) is 12.8. The molecule has 1 atom stereocenters. The summed E-state index contributed by atoms with van der Waals surface area (Å²) >= 11 is 1.78. The van der Waals surface area contributed by atoms with E-state index in [0.717, 1.165) is 31.0 Å². The van der Waals surface area contributed by atoms with Crippen LogP contribution in [0.1, 0.15) is 24.0 Å². The van der Waals surface area contributed by atoms with Crippen molar-refractivity contribution < 1.29 is 5.11 Å². The molecule has 94 valence electrons. The van der Waals surface area contributed by atoms with E-state index in [9.17, 15) is 5.11 Å². The summed E-state index contributed by atoms with van der Waals surface area (Å²) in [5, 5.41) is 13.3. The molecule has 0 radical (unpaired) electrons. The van der Waals surface area contributed by atoms with Crippen LogP contribution in [0.5, 0.6) is 5.75 Å². The monoisotopic (exact) mass is 251 g/mol. The van der Waals surface area contributed by atoms with Crippen molar-refractivity contribution in [1.29, 1.82) is 0 Å². The van der Waals surface area contributed by atoms with Gasteiger partial charge in [-0.05, 0) is 74.7 Å². The molecule has 1 unspecified atom stereocenters. The molecule has 1 saturated heterocycles. The van der Waals surface area contributed by atoms with Crippen LogP contribution in [-0.4, -0.2) is 24.5 Å². The molecule has 0 saturated carbocycles. The molecule has 1 fully saturated rings. The van der Waals surface area contributed by atoms with Crippen LogP contribution in [0, 0.1) is 12.8 Å². The van der Waals surface area contributed by atoms with E-state index in [2.05, 4.69) is 17.6 Å². The summed E-state index contributed by atoms with van der Waals surface area (Å²) in [7, 11) is 0. The average Bonchev–Trinajstić information content (AvgIpc) is 2.35. The molecule has 1 aliphatic heterocycles. The largest absolute Gasteiger partial charge is 0.508 e. The number of piperidine rings is 1. The number of hydrogen-bond donors (Lipinski definition) is 2. The highest BCUT2D eigenvalue weighted by atomic mass is 32.2. The van der Waals surface area contributed by atoms with Crippen molar-refractivity contribution >= 4 is 11.8 Å². The van der Waals surface area contributed by atoms with Crippen LogP contribution in [-0.2, 0) is 6.42 Å². The number of hydrogen-bond acceptors (Lipinski definition) is 3. The van der Waals surface area contributed by atoms with Crippen molar-refractivity contribution in [1.82, 2.24) is 5.32 Å². The maximum Gasteiger partial charge on any atom is 0.118 e. The lowest BCUT2D eigenvalue weighted by Gasteiger charge is -2.23. The number of aryl methyl sites for hydroxylation is 1. The summed E-state index contributed by atoms with van der Waals surface area (Å²) in [6.45, 7) is 4.23. The Morgan fingerprint density at radius 1 is 1.47 bits per heavy atom. The number of phenolic OH excluding ortho intramolecular Hbond substituents is 1. The zero-order valence-corrected chi connectivity index (χ0v) is 11.4. The Morgan fingerprint density at radius 3 is 2.94 bits per heavy atom. The van der Waals surface area contributed by atoms with E-state index in [1.807, 2.05) is 13.0 Å². The Balaban J connectivity index is 2.15. The Kier molecular flexibility index (Phi) is 4.35. The second kappa shape index (κ2) is 5.78. The maximum atomic E-state index is 9.82. The molecule has 0 spiro atoms. The summed E-state index contributed by atoms with van der Waals surface area (Å²) in [5.41, 5.74) is 2.27. The molecule has 0 aliphatic carbocycles. The van der Waals surface area contributed by atoms with Crippen molar-refractivity contribution in [3.05, 3.63) is 23.3 Å². The number of phenols is 1. The van der Waals surface area contributed by atoms with E-state index >= 15 is 0 Å². The minimum Gasteiger partial charge on any atom is -0.508 e. The highest BCUT2D eigenvalue weighted by Gasteiger charge is 2.16. The van der Waals surface area contributed by atoms with Gasteiger partial charge in [0.25, 0.3) is 0 Å². The first-order valence-corrected chi connectivity index (χ1v) is 7.50. The van der Waals surface area contributed by atoms with Crippen molar-refractivity contribution in [3.8, 4) is 5.75 Å². The highest BCUT2D eigenvalue weighted by molar-refractivity contribution is 7.98. The molecule has 1 aromatic rings. The summed E-state index contributed by atoms with van der Waals surface area (Å²) < 4.78 is 0. The topological polar surface area (TPSA) is 32.3 Å². The van der Waals surface area contributed by atoms with E-state index in [1.165, 1.54) is 23.3 Å². The molecule has 0 bridgehead atoms. The van der Waals surface area contributed by atoms with Gasteiger partial charge in [-0.15, -0.1) is 11.8 Å². The molecule has 0 aromatic heterocycles. The molecule has 3 heteroatoms. The summed E-state index contributed by atoms with van der Waals surface area (Å²) in [4.78, 5) is 1.31. The van der Waals surface area contributed by atoms with Gasteiger partial charge in [0.2, 0.25) is 0 Å². The second-order valence-corrected chi connectivity index (χ2v) is 5.72. The normalized spacial score (nSPS) is 20.5. The van der Waals surface area contributed by atoms with E-state index in [4.69, 9.17) is 0 Å². The fourth-order valence-electron chi connectivity index (χ4n) is 2.47. The van der Waals surface area contributed by atoms with Gasteiger partial charge in [-0.25, -0.2) is 0 Å². The van der Waals surface area contributed by atoms with Gasteiger partial charge in [-0.1, -0.05) is 0 Å². The first-order valence-electron chi connectivity index (χ1n) is 6.28. The lowest BCUT2D eigenvalue weighted by Crippen LogP contribution is -2.30. The van der Waals surface area contributed by atoms with Gasteiger partial charge in [0.05, 0.1) is 0 Å². The predicted molar refractivity (Wildman–Crippen MR) is 73.9 cm³/mol. The van der Waals surface area contributed by atoms with E-state index < -0.39 is 0 Å². The molecule has 0 amide bonds. The van der Waals surface area contributed by atoms with Gasteiger partial charge < -0.3 is 10.4 Å². The smallest absolute Gasteiger partial charge is 0.118 e. The Hall–Kier alpha value is -0.670. The predicted octanol–water partition coefficient (Wildman–Crippen LogP) is 2.96. The zero-order chi connectivity index (χ0) is 12.3. The van der Waals surface area contributed by atoms with Crippen LogP contribution in [0.25, 0.3) is 0 Å². The molecular formula is C14H21NOS. The van der Waals surface area contributed by atoms with Crippen LogP contribution in [0.15, 0.2) is 17.0 Å². The van der Waals surface area contributed by atoms with Crippen molar-refractivity contribution in [2.75, 3.05) is 19.3 Å². The third kappa shape index (κ3) is 3.17. The van der Waals surface area contributed by atoms with Crippen LogP contribution >= 0.6 is 11.8 Å². The SMILES string of the molecule is CSc1cc(C)c(O)cc1CC1CCCNC1. The van der Waals surface area contributed by atoms with Crippen molar-refractivity contribution in [2.45, 2.75) is 31.1 Å². The molecule has 2 N–H and O–H groups in total. The second-order valence-electron chi connectivity index (χ2n) is 4.87. The molecule has 1 aliphatic rings. The van der Waals surface area contributed by atoms with Crippen LogP contribution in [0.3, 0.4) is 0 Å². The van der Waals surface area contributed by atoms with E-state index in [1.54, 1.807) is 11.8 Å². The Morgan fingerprint density at radius 2 is 2.29 bits per heavy atom. The molecule has 2 nitrogen and oxygen atoms in total. The zero-order valence-electron chi connectivity index (χ0n) is 10.6. The Bertz CT molecular complexity index is 386. The van der Waals surface area contributed by atoms with Gasteiger partial charge in [-0.3, -0.25) is 0 Å². The number of rotatable bonds is 3. The minimum atomic E-state index is 0.432. The van der Waals surface area contributed by atoms with Crippen molar-refractivity contribution in [2.24, 2.45) is 5.92 Å². The van der Waals surface area contributed by atoms with E-state index in [0.29, 0.717) is 5.75 Å². The fourth-order valence-corrected chi connectivity index (χ4v) is 3.17. The van der Waals surface area contributed by atoms with Gasteiger partial charge in [0, 0.05) is 4.90 Å². The van der Waals surface area contributed by atoms with Crippen molar-refractivity contribution in [3.63, 3.8) is 0 Å². The number of aromatic hydroxyl groups is 1. The number of nitrogens with one attached hydrogen (secondary N) is 1. The lowest BCUT2D eigenvalue weighted by atomic mass is 9.92. The highest BCUT2D eigenvalue weighted by Crippen LogP contribution is 2.30. The minimum absolute atomic E-state index is 0.432. The average molecular weight is 251 g/mol. The number of benzene rings is 1. The van der Waals surface area contributed by atoms with Gasteiger partial charge in [0.1, 0.15) is 5.75 Å². The fraction of sp³-hybridized carbons (Fsp3) is 0.571. The van der Waals surface area contributed by atoms with Gasteiger partial charge >= 0.3 is 0 Å². The lowest BCUT2D eigenvalue weighted by molar-refractivity contribution is 0.374. The molecule has 17 heavy (non-hydrogen) atoms. The maximum absolute atomic E-state index is 9.82. The molecule has 1 heterocycles. The van der Waals surface area contributed by atoms with Crippen LogP contribution in [0.2, 0.25) is 0 Å².